The lowest BCUT2D eigenvalue weighted by Gasteiger charge is -2.10. The van der Waals surface area contributed by atoms with Crippen LogP contribution in [0.5, 0.6) is 17.4 Å². The molecule has 0 aliphatic carbocycles. The van der Waals surface area contributed by atoms with Crippen molar-refractivity contribution in [3.63, 3.8) is 0 Å². The molecule has 1 aromatic carbocycles. The molecule has 1 N–H and O–H groups in total. The third-order valence-electron chi connectivity index (χ3n) is 2.61. The largest absolute Gasteiger partial charge is 0.493 e. The van der Waals surface area contributed by atoms with Gasteiger partial charge in [-0.1, -0.05) is 17.7 Å². The van der Waals surface area contributed by atoms with Gasteiger partial charge in [-0.3, -0.25) is 10.1 Å². The molecule has 1 heterocycles. The Morgan fingerprint density at radius 2 is 2.14 bits per heavy atom. The predicted molar refractivity (Wildman–Crippen MR) is 74.9 cm³/mol. The Morgan fingerprint density at radius 1 is 1.38 bits per heavy atom. The van der Waals surface area contributed by atoms with Crippen LogP contribution in [0.2, 0.25) is 5.02 Å². The van der Waals surface area contributed by atoms with Gasteiger partial charge in [0.15, 0.2) is 11.5 Å². The Balaban J connectivity index is 2.40. The van der Waals surface area contributed by atoms with Gasteiger partial charge in [0.1, 0.15) is 0 Å². The third-order valence-corrected chi connectivity index (χ3v) is 2.82. The van der Waals surface area contributed by atoms with E-state index in [2.05, 4.69) is 4.98 Å². The Hall–Kier alpha value is -2.38. The number of hydrogen-bond acceptors (Lipinski definition) is 6. The second-order valence-electron chi connectivity index (χ2n) is 3.98. The topological polar surface area (TPSA) is 94.7 Å². The van der Waals surface area contributed by atoms with E-state index in [1.807, 2.05) is 0 Å². The minimum atomic E-state index is -0.636. The number of aliphatic hydroxyl groups excluding tert-OH is 1. The molecule has 0 fully saturated rings. The number of hydrogen-bond donors (Lipinski definition) is 1. The molecule has 0 aliphatic heterocycles. The van der Waals surface area contributed by atoms with Crippen LogP contribution in [-0.2, 0) is 6.61 Å². The second-order valence-corrected chi connectivity index (χ2v) is 4.42. The molecule has 0 amide bonds. The maximum Gasteiger partial charge on any atom is 0.332 e. The normalized spacial score (nSPS) is 10.2. The highest BCUT2D eigenvalue weighted by atomic mass is 35.5. The van der Waals surface area contributed by atoms with Gasteiger partial charge in [0.2, 0.25) is 0 Å². The van der Waals surface area contributed by atoms with Crippen molar-refractivity contribution in [1.29, 1.82) is 0 Å². The molecule has 110 valence electrons. The van der Waals surface area contributed by atoms with E-state index >= 15 is 0 Å². The summed E-state index contributed by atoms with van der Waals surface area (Å²) in [5.41, 5.74) is 0.272. The minimum Gasteiger partial charge on any atom is -0.493 e. The van der Waals surface area contributed by atoms with Crippen LogP contribution in [-0.4, -0.2) is 22.1 Å². The summed E-state index contributed by atoms with van der Waals surface area (Å²) < 4.78 is 10.6. The van der Waals surface area contributed by atoms with Crippen molar-refractivity contribution >= 4 is 17.3 Å². The van der Waals surface area contributed by atoms with Crippen molar-refractivity contribution in [2.24, 2.45) is 0 Å². The fourth-order valence-corrected chi connectivity index (χ4v) is 1.78. The van der Waals surface area contributed by atoms with Crippen LogP contribution in [0.15, 0.2) is 30.5 Å². The molecule has 0 radical (unpaired) electrons. The van der Waals surface area contributed by atoms with E-state index in [0.717, 1.165) is 6.07 Å². The zero-order chi connectivity index (χ0) is 15.4. The second kappa shape index (κ2) is 6.38. The molecule has 0 bridgehead atoms. The van der Waals surface area contributed by atoms with Crippen LogP contribution in [0.4, 0.5) is 5.69 Å². The summed E-state index contributed by atoms with van der Waals surface area (Å²) >= 11 is 5.69. The van der Waals surface area contributed by atoms with E-state index in [-0.39, 0.29) is 28.9 Å². The number of aliphatic hydroxyl groups is 1. The minimum absolute atomic E-state index is 0.136. The Bertz CT molecular complexity index is 678. The Morgan fingerprint density at radius 3 is 2.76 bits per heavy atom. The molecule has 0 unspecified atom stereocenters. The molecule has 0 aliphatic rings. The van der Waals surface area contributed by atoms with Crippen LogP contribution in [0.1, 0.15) is 5.56 Å². The fraction of sp³-hybridized carbons (Fsp3) is 0.154. The SMILES string of the molecule is COc1cc(CO)ccc1Oc1ncc(Cl)cc1[N+](=O)[O-]. The quantitative estimate of drug-likeness (QED) is 0.674. The first-order chi connectivity index (χ1) is 10.0. The monoisotopic (exact) mass is 310 g/mol. The molecule has 0 saturated heterocycles. The first kappa shape index (κ1) is 15.0. The number of rotatable bonds is 5. The summed E-state index contributed by atoms with van der Waals surface area (Å²) in [6.07, 6.45) is 1.25. The highest BCUT2D eigenvalue weighted by molar-refractivity contribution is 6.30. The van der Waals surface area contributed by atoms with E-state index in [9.17, 15) is 10.1 Å². The van der Waals surface area contributed by atoms with Gasteiger partial charge >= 0.3 is 5.69 Å². The van der Waals surface area contributed by atoms with E-state index in [4.69, 9.17) is 26.2 Å². The molecule has 2 aromatic rings. The van der Waals surface area contributed by atoms with Crippen LogP contribution in [0, 0.1) is 10.1 Å². The van der Waals surface area contributed by atoms with Crippen molar-refractivity contribution < 1.29 is 19.5 Å². The highest BCUT2D eigenvalue weighted by Gasteiger charge is 2.20. The molecule has 2 rings (SSSR count). The number of halogens is 1. The summed E-state index contributed by atoms with van der Waals surface area (Å²) in [6, 6.07) is 5.86. The average molecular weight is 311 g/mol. The number of ether oxygens (including phenoxy) is 2. The number of nitro groups is 1. The van der Waals surface area contributed by atoms with Crippen LogP contribution >= 0.6 is 11.6 Å². The molecule has 7 nitrogen and oxygen atoms in total. The average Bonchev–Trinajstić information content (AvgIpc) is 2.49. The summed E-state index contributed by atoms with van der Waals surface area (Å²) in [6.45, 7) is -0.157. The van der Waals surface area contributed by atoms with Gasteiger partial charge in [0.25, 0.3) is 5.88 Å². The highest BCUT2D eigenvalue weighted by Crippen LogP contribution is 2.36. The lowest BCUT2D eigenvalue weighted by molar-refractivity contribution is -0.386. The van der Waals surface area contributed by atoms with Gasteiger partial charge in [0, 0.05) is 6.07 Å². The molecule has 0 spiro atoms. The maximum atomic E-state index is 11.0. The first-order valence-corrected chi connectivity index (χ1v) is 6.18. The predicted octanol–water partition coefficient (Wildman–Crippen LogP) is 2.94. The number of nitrogens with zero attached hydrogens (tertiary/aromatic N) is 2. The Labute approximate surface area is 124 Å². The van der Waals surface area contributed by atoms with Crippen molar-refractivity contribution in [2.75, 3.05) is 7.11 Å². The molecular formula is C13H11ClN2O5. The van der Waals surface area contributed by atoms with Crippen molar-refractivity contribution in [3.8, 4) is 17.4 Å². The van der Waals surface area contributed by atoms with Crippen molar-refractivity contribution in [2.45, 2.75) is 6.61 Å². The molecule has 8 heteroatoms. The summed E-state index contributed by atoms with van der Waals surface area (Å²) in [4.78, 5) is 14.2. The third kappa shape index (κ3) is 3.39. The Kier molecular flexibility index (Phi) is 4.56. The van der Waals surface area contributed by atoms with Crippen molar-refractivity contribution in [1.82, 2.24) is 4.98 Å². The van der Waals surface area contributed by atoms with Crippen LogP contribution < -0.4 is 9.47 Å². The lowest BCUT2D eigenvalue weighted by atomic mass is 10.2. The molecular weight excluding hydrogens is 300 g/mol. The summed E-state index contributed by atoms with van der Waals surface area (Å²) in [5.74, 6) is 0.375. The molecule has 1 aromatic heterocycles. The van der Waals surface area contributed by atoms with Gasteiger partial charge in [-0.05, 0) is 17.7 Å². The number of benzene rings is 1. The number of pyridine rings is 1. The summed E-state index contributed by atoms with van der Waals surface area (Å²) in [7, 11) is 1.42. The van der Waals surface area contributed by atoms with Gasteiger partial charge in [0.05, 0.1) is 29.9 Å². The molecule has 21 heavy (non-hydrogen) atoms. The lowest BCUT2D eigenvalue weighted by Crippen LogP contribution is -1.98. The molecule has 0 atom stereocenters. The van der Waals surface area contributed by atoms with E-state index in [1.165, 1.54) is 19.4 Å². The van der Waals surface area contributed by atoms with E-state index in [0.29, 0.717) is 11.3 Å². The standard InChI is InChI=1S/C13H11ClN2O5/c1-20-12-4-8(7-17)2-3-11(12)21-13-10(16(18)19)5-9(14)6-15-13/h2-6,17H,7H2,1H3. The fourth-order valence-electron chi connectivity index (χ4n) is 1.62. The smallest absolute Gasteiger partial charge is 0.332 e. The van der Waals surface area contributed by atoms with Crippen molar-refractivity contribution in [3.05, 3.63) is 51.2 Å². The van der Waals surface area contributed by atoms with Gasteiger partial charge in [-0.2, -0.15) is 0 Å². The van der Waals surface area contributed by atoms with Crippen LogP contribution in [0.25, 0.3) is 0 Å². The van der Waals surface area contributed by atoms with E-state index in [1.54, 1.807) is 12.1 Å². The number of aromatic nitrogens is 1. The van der Waals surface area contributed by atoms with Crippen LogP contribution in [0.3, 0.4) is 0 Å². The zero-order valence-electron chi connectivity index (χ0n) is 10.9. The number of methoxy groups -OCH3 is 1. The van der Waals surface area contributed by atoms with Gasteiger partial charge in [-0.25, -0.2) is 4.98 Å². The first-order valence-electron chi connectivity index (χ1n) is 5.80. The maximum absolute atomic E-state index is 11.0. The van der Waals surface area contributed by atoms with E-state index < -0.39 is 4.92 Å². The summed E-state index contributed by atoms with van der Waals surface area (Å²) in [5, 5.41) is 20.2. The van der Waals surface area contributed by atoms with Gasteiger partial charge < -0.3 is 14.6 Å². The zero-order valence-corrected chi connectivity index (χ0v) is 11.7. The van der Waals surface area contributed by atoms with Gasteiger partial charge in [-0.15, -0.1) is 0 Å². The molecule has 0 saturated carbocycles.